The summed E-state index contributed by atoms with van der Waals surface area (Å²) in [7, 11) is 0. The predicted octanol–water partition coefficient (Wildman–Crippen LogP) is 2.64. The fraction of sp³-hybridized carbons (Fsp3) is 0.294. The molecule has 1 unspecified atom stereocenters. The number of aromatic nitrogens is 1. The molecule has 120 valence electrons. The van der Waals surface area contributed by atoms with E-state index in [0.717, 1.165) is 30.4 Å². The molecule has 6 nitrogen and oxygen atoms in total. The summed E-state index contributed by atoms with van der Waals surface area (Å²) in [5, 5.41) is 9.55. The van der Waals surface area contributed by atoms with Crippen molar-refractivity contribution in [2.45, 2.75) is 25.6 Å². The van der Waals surface area contributed by atoms with Crippen LogP contribution in [0, 0.1) is 0 Å². The smallest absolute Gasteiger partial charge is 0.276 e. The lowest BCUT2D eigenvalue weighted by Crippen LogP contribution is -2.33. The minimum Gasteiger partial charge on any atom is -0.508 e. The first-order valence-corrected chi connectivity index (χ1v) is 7.54. The van der Waals surface area contributed by atoms with Crippen molar-refractivity contribution in [2.75, 3.05) is 6.61 Å². The molecule has 1 aromatic heterocycles. The van der Waals surface area contributed by atoms with Gasteiger partial charge in [0, 0.05) is 31.0 Å². The first kappa shape index (κ1) is 15.5. The van der Waals surface area contributed by atoms with Gasteiger partial charge in [0.25, 0.3) is 5.91 Å². The van der Waals surface area contributed by atoms with Gasteiger partial charge in [0.15, 0.2) is 6.29 Å². The SMILES string of the molecule is O=C(NOC1CCCCO1)c1cncc(-c2cccc(O)c2)c1. The highest BCUT2D eigenvalue weighted by Gasteiger charge is 2.16. The van der Waals surface area contributed by atoms with E-state index in [1.54, 1.807) is 30.5 Å². The molecule has 0 radical (unpaired) electrons. The van der Waals surface area contributed by atoms with Gasteiger partial charge in [-0.05, 0) is 36.6 Å². The molecule has 0 aliphatic carbocycles. The van der Waals surface area contributed by atoms with Gasteiger partial charge < -0.3 is 9.84 Å². The Kier molecular flexibility index (Phi) is 4.85. The van der Waals surface area contributed by atoms with Gasteiger partial charge in [-0.15, -0.1) is 0 Å². The minimum absolute atomic E-state index is 0.162. The lowest BCUT2D eigenvalue weighted by molar-refractivity contribution is -0.186. The number of aromatic hydroxyl groups is 1. The number of nitrogens with zero attached hydrogens (tertiary/aromatic N) is 1. The van der Waals surface area contributed by atoms with Crippen LogP contribution in [0.2, 0.25) is 0 Å². The summed E-state index contributed by atoms with van der Waals surface area (Å²) >= 11 is 0. The van der Waals surface area contributed by atoms with Gasteiger partial charge in [-0.1, -0.05) is 12.1 Å². The lowest BCUT2D eigenvalue weighted by Gasteiger charge is -2.22. The van der Waals surface area contributed by atoms with E-state index in [2.05, 4.69) is 10.5 Å². The predicted molar refractivity (Wildman–Crippen MR) is 83.5 cm³/mol. The summed E-state index contributed by atoms with van der Waals surface area (Å²) in [6, 6.07) is 8.48. The zero-order valence-electron chi connectivity index (χ0n) is 12.6. The third kappa shape index (κ3) is 4.06. The lowest BCUT2D eigenvalue weighted by atomic mass is 10.1. The second kappa shape index (κ2) is 7.21. The Bertz CT molecular complexity index is 684. The van der Waals surface area contributed by atoms with Crippen LogP contribution < -0.4 is 5.48 Å². The van der Waals surface area contributed by atoms with E-state index in [9.17, 15) is 9.90 Å². The number of rotatable bonds is 4. The van der Waals surface area contributed by atoms with Crippen LogP contribution in [0.3, 0.4) is 0 Å². The van der Waals surface area contributed by atoms with Crippen LogP contribution in [0.4, 0.5) is 0 Å². The number of carbonyl (C=O) groups is 1. The number of hydroxylamine groups is 1. The van der Waals surface area contributed by atoms with Gasteiger partial charge in [-0.25, -0.2) is 10.3 Å². The van der Waals surface area contributed by atoms with Crippen LogP contribution >= 0.6 is 0 Å². The van der Waals surface area contributed by atoms with Crippen molar-refractivity contribution >= 4 is 5.91 Å². The fourth-order valence-electron chi connectivity index (χ4n) is 2.39. The van der Waals surface area contributed by atoms with Crippen molar-refractivity contribution in [1.82, 2.24) is 10.5 Å². The average Bonchev–Trinajstić information content (AvgIpc) is 2.61. The highest BCUT2D eigenvalue weighted by Crippen LogP contribution is 2.23. The molecule has 0 saturated carbocycles. The van der Waals surface area contributed by atoms with E-state index < -0.39 is 6.29 Å². The van der Waals surface area contributed by atoms with E-state index in [1.807, 2.05) is 6.07 Å². The number of pyridine rings is 1. The number of phenolic OH excluding ortho intramolecular Hbond substituents is 1. The molecule has 2 aromatic rings. The van der Waals surface area contributed by atoms with Crippen LogP contribution in [0.5, 0.6) is 5.75 Å². The first-order chi connectivity index (χ1) is 11.2. The van der Waals surface area contributed by atoms with Crippen LogP contribution in [0.15, 0.2) is 42.7 Å². The summed E-state index contributed by atoms with van der Waals surface area (Å²) < 4.78 is 5.39. The van der Waals surface area contributed by atoms with Gasteiger partial charge >= 0.3 is 0 Å². The molecular formula is C17H18N2O4. The largest absolute Gasteiger partial charge is 0.508 e. The zero-order valence-corrected chi connectivity index (χ0v) is 12.6. The molecule has 1 fully saturated rings. The monoisotopic (exact) mass is 314 g/mol. The van der Waals surface area contributed by atoms with Crippen LogP contribution in [0.1, 0.15) is 29.6 Å². The number of hydrogen-bond acceptors (Lipinski definition) is 5. The minimum atomic E-state index is -0.394. The molecule has 6 heteroatoms. The van der Waals surface area contributed by atoms with Crippen molar-refractivity contribution in [1.29, 1.82) is 0 Å². The average molecular weight is 314 g/mol. The number of benzene rings is 1. The Morgan fingerprint density at radius 3 is 2.96 bits per heavy atom. The number of nitrogens with one attached hydrogen (secondary N) is 1. The van der Waals surface area contributed by atoms with E-state index in [-0.39, 0.29) is 11.7 Å². The maximum atomic E-state index is 12.2. The number of phenols is 1. The van der Waals surface area contributed by atoms with Crippen LogP contribution in [-0.4, -0.2) is 28.9 Å². The standard InChI is InChI=1S/C17H18N2O4/c20-15-5-3-4-12(9-15)13-8-14(11-18-10-13)17(21)19-23-16-6-1-2-7-22-16/h3-5,8-11,16,20H,1-2,6-7H2,(H,19,21). The van der Waals surface area contributed by atoms with Gasteiger partial charge in [-0.3, -0.25) is 9.78 Å². The molecule has 0 bridgehead atoms. The molecule has 2 heterocycles. The molecule has 1 saturated heterocycles. The zero-order chi connectivity index (χ0) is 16.1. The molecule has 3 rings (SSSR count). The number of hydrogen-bond donors (Lipinski definition) is 2. The summed E-state index contributed by atoms with van der Waals surface area (Å²) in [6.07, 6.45) is 5.51. The fourth-order valence-corrected chi connectivity index (χ4v) is 2.39. The quantitative estimate of drug-likeness (QED) is 0.848. The summed E-state index contributed by atoms with van der Waals surface area (Å²) in [5.41, 5.74) is 4.30. The van der Waals surface area contributed by atoms with Crippen molar-refractivity contribution in [2.24, 2.45) is 0 Å². The van der Waals surface area contributed by atoms with Crippen LogP contribution in [-0.2, 0) is 9.57 Å². The van der Waals surface area contributed by atoms with Gasteiger partial charge in [-0.2, -0.15) is 0 Å². The molecule has 1 aliphatic heterocycles. The van der Waals surface area contributed by atoms with Crippen molar-refractivity contribution in [3.05, 3.63) is 48.3 Å². The Labute approximate surface area is 134 Å². The van der Waals surface area contributed by atoms with Gasteiger partial charge in [0.2, 0.25) is 0 Å². The molecular weight excluding hydrogens is 296 g/mol. The number of carbonyl (C=O) groups excluding carboxylic acids is 1. The number of ether oxygens (including phenoxy) is 1. The topological polar surface area (TPSA) is 80.7 Å². The Hall–Kier alpha value is -2.44. The Morgan fingerprint density at radius 2 is 2.17 bits per heavy atom. The van der Waals surface area contributed by atoms with Gasteiger partial charge in [0.05, 0.1) is 5.56 Å². The Morgan fingerprint density at radius 1 is 1.26 bits per heavy atom. The summed E-state index contributed by atoms with van der Waals surface area (Å²) in [4.78, 5) is 21.5. The van der Waals surface area contributed by atoms with E-state index in [4.69, 9.17) is 9.57 Å². The highest BCUT2D eigenvalue weighted by molar-refractivity contribution is 5.94. The molecule has 2 N–H and O–H groups in total. The van der Waals surface area contributed by atoms with Crippen molar-refractivity contribution in [3.63, 3.8) is 0 Å². The third-order valence-corrected chi connectivity index (χ3v) is 3.60. The molecule has 1 aliphatic rings. The molecule has 1 atom stereocenters. The molecule has 1 amide bonds. The second-order valence-electron chi connectivity index (χ2n) is 5.36. The number of amides is 1. The Balaban J connectivity index is 1.67. The van der Waals surface area contributed by atoms with E-state index >= 15 is 0 Å². The summed E-state index contributed by atoms with van der Waals surface area (Å²) in [5.74, 6) is -0.219. The maximum Gasteiger partial charge on any atom is 0.276 e. The molecule has 0 spiro atoms. The highest BCUT2D eigenvalue weighted by atomic mass is 16.8. The van der Waals surface area contributed by atoms with Crippen LogP contribution in [0.25, 0.3) is 11.1 Å². The van der Waals surface area contributed by atoms with Crippen molar-refractivity contribution in [3.8, 4) is 16.9 Å². The third-order valence-electron chi connectivity index (χ3n) is 3.60. The van der Waals surface area contributed by atoms with Gasteiger partial charge in [0.1, 0.15) is 5.75 Å². The normalized spacial score (nSPS) is 17.7. The first-order valence-electron chi connectivity index (χ1n) is 7.54. The molecule has 23 heavy (non-hydrogen) atoms. The summed E-state index contributed by atoms with van der Waals surface area (Å²) in [6.45, 7) is 0.648. The maximum absolute atomic E-state index is 12.2. The van der Waals surface area contributed by atoms with Crippen molar-refractivity contribution < 1.29 is 19.5 Å². The second-order valence-corrected chi connectivity index (χ2v) is 5.36. The van der Waals surface area contributed by atoms with E-state index in [1.165, 1.54) is 6.20 Å². The molecule has 1 aromatic carbocycles. The van der Waals surface area contributed by atoms with E-state index in [0.29, 0.717) is 12.2 Å².